The fraction of sp³-hybridized carbons (Fsp3) is 0.429. The van der Waals surface area contributed by atoms with Gasteiger partial charge in [0.1, 0.15) is 6.26 Å². The Morgan fingerprint density at radius 1 is 1.19 bits per heavy atom. The van der Waals surface area contributed by atoms with Crippen LogP contribution in [0.1, 0.15) is 34.3 Å². The van der Waals surface area contributed by atoms with Gasteiger partial charge in [-0.25, -0.2) is 0 Å². The smallest absolute Gasteiger partial charge is 0.257 e. The van der Waals surface area contributed by atoms with E-state index < -0.39 is 0 Å². The van der Waals surface area contributed by atoms with Gasteiger partial charge < -0.3 is 14.6 Å². The molecule has 6 heteroatoms. The fourth-order valence-corrected chi connectivity index (χ4v) is 4.00. The van der Waals surface area contributed by atoms with E-state index in [0.717, 1.165) is 11.5 Å². The number of hydrogen-bond donors (Lipinski definition) is 1. The van der Waals surface area contributed by atoms with Gasteiger partial charge in [0.25, 0.3) is 5.91 Å². The van der Waals surface area contributed by atoms with E-state index in [1.54, 1.807) is 11.0 Å². The standard InChI is InChI=1S/C21H26N2O3S/c1-16-2-4-17(5-3-16)15-27-13-9-22-20(24)18-6-10-23(11-7-18)21(25)19-8-12-26-14-19/h2-5,8,12,14,18H,6-7,9-11,13,15H2,1H3,(H,22,24). The summed E-state index contributed by atoms with van der Waals surface area (Å²) in [5.41, 5.74) is 3.16. The highest BCUT2D eigenvalue weighted by atomic mass is 32.2. The van der Waals surface area contributed by atoms with E-state index in [4.69, 9.17) is 4.42 Å². The van der Waals surface area contributed by atoms with Gasteiger partial charge in [-0.1, -0.05) is 29.8 Å². The number of furan rings is 1. The van der Waals surface area contributed by atoms with Crippen molar-refractivity contribution in [1.29, 1.82) is 0 Å². The number of amides is 2. The molecule has 1 aliphatic rings. The van der Waals surface area contributed by atoms with Crippen molar-refractivity contribution in [3.8, 4) is 0 Å². The van der Waals surface area contributed by atoms with Crippen molar-refractivity contribution in [2.75, 3.05) is 25.4 Å². The maximum Gasteiger partial charge on any atom is 0.257 e. The number of carbonyl (C=O) groups excluding carboxylic acids is 2. The maximum absolute atomic E-state index is 12.3. The number of nitrogens with zero attached hydrogens (tertiary/aromatic N) is 1. The summed E-state index contributed by atoms with van der Waals surface area (Å²) in [6, 6.07) is 10.2. The Kier molecular flexibility index (Phi) is 6.98. The van der Waals surface area contributed by atoms with Crippen molar-refractivity contribution in [2.45, 2.75) is 25.5 Å². The molecule has 0 bridgehead atoms. The summed E-state index contributed by atoms with van der Waals surface area (Å²) < 4.78 is 4.97. The Morgan fingerprint density at radius 3 is 2.59 bits per heavy atom. The zero-order valence-electron chi connectivity index (χ0n) is 15.6. The Hall–Kier alpha value is -2.21. The topological polar surface area (TPSA) is 62.6 Å². The average molecular weight is 387 g/mol. The van der Waals surface area contributed by atoms with E-state index in [1.165, 1.54) is 23.7 Å². The summed E-state index contributed by atoms with van der Waals surface area (Å²) in [5.74, 6) is 1.96. The molecule has 0 spiro atoms. The Morgan fingerprint density at radius 2 is 1.93 bits per heavy atom. The molecule has 1 aromatic heterocycles. The van der Waals surface area contributed by atoms with Gasteiger partial charge in [-0.15, -0.1) is 0 Å². The first kappa shape index (κ1) is 19.5. The lowest BCUT2D eigenvalue weighted by Gasteiger charge is -2.31. The van der Waals surface area contributed by atoms with Crippen LogP contribution in [0.25, 0.3) is 0 Å². The maximum atomic E-state index is 12.3. The van der Waals surface area contributed by atoms with Crippen molar-refractivity contribution in [2.24, 2.45) is 5.92 Å². The van der Waals surface area contributed by atoms with E-state index in [-0.39, 0.29) is 17.7 Å². The Labute approximate surface area is 164 Å². The number of hydrogen-bond acceptors (Lipinski definition) is 4. The lowest BCUT2D eigenvalue weighted by atomic mass is 9.95. The number of thioether (sulfide) groups is 1. The third-order valence-corrected chi connectivity index (χ3v) is 5.89. The molecule has 1 fully saturated rings. The molecule has 2 heterocycles. The monoisotopic (exact) mass is 386 g/mol. The second-order valence-electron chi connectivity index (χ2n) is 6.91. The average Bonchev–Trinajstić information content (AvgIpc) is 3.23. The van der Waals surface area contributed by atoms with Crippen molar-refractivity contribution in [3.05, 3.63) is 59.5 Å². The van der Waals surface area contributed by atoms with E-state index in [9.17, 15) is 9.59 Å². The predicted octanol–water partition coefficient (Wildman–Crippen LogP) is 3.49. The fourth-order valence-electron chi connectivity index (χ4n) is 3.18. The van der Waals surface area contributed by atoms with Gasteiger partial charge in [-0.2, -0.15) is 11.8 Å². The van der Waals surface area contributed by atoms with Crippen LogP contribution in [0.5, 0.6) is 0 Å². The highest BCUT2D eigenvalue weighted by molar-refractivity contribution is 7.98. The molecule has 27 heavy (non-hydrogen) atoms. The molecular weight excluding hydrogens is 360 g/mol. The second-order valence-corrected chi connectivity index (χ2v) is 8.01. The molecule has 5 nitrogen and oxygen atoms in total. The zero-order chi connectivity index (χ0) is 19.1. The molecule has 2 aromatic rings. The van der Waals surface area contributed by atoms with Gasteiger partial charge >= 0.3 is 0 Å². The van der Waals surface area contributed by atoms with Crippen LogP contribution in [0.2, 0.25) is 0 Å². The normalized spacial score (nSPS) is 14.9. The van der Waals surface area contributed by atoms with E-state index in [2.05, 4.69) is 36.5 Å². The van der Waals surface area contributed by atoms with Crippen LogP contribution in [0.3, 0.4) is 0 Å². The molecule has 2 amide bonds. The first-order valence-electron chi connectivity index (χ1n) is 9.36. The lowest BCUT2D eigenvalue weighted by Crippen LogP contribution is -2.43. The predicted molar refractivity (Wildman–Crippen MR) is 108 cm³/mol. The van der Waals surface area contributed by atoms with Gasteiger partial charge in [-0.3, -0.25) is 9.59 Å². The quantitative estimate of drug-likeness (QED) is 0.740. The third kappa shape index (κ3) is 5.63. The molecule has 144 valence electrons. The van der Waals surface area contributed by atoms with Crippen LogP contribution < -0.4 is 5.32 Å². The minimum absolute atomic E-state index is 0.000461. The molecule has 1 saturated heterocycles. The van der Waals surface area contributed by atoms with Crippen LogP contribution >= 0.6 is 11.8 Å². The van der Waals surface area contributed by atoms with Crippen LogP contribution in [0, 0.1) is 12.8 Å². The summed E-state index contributed by atoms with van der Waals surface area (Å²) >= 11 is 1.83. The number of aryl methyl sites for hydroxylation is 1. The SMILES string of the molecule is Cc1ccc(CSCCNC(=O)C2CCN(C(=O)c3ccoc3)CC2)cc1. The molecule has 3 rings (SSSR count). The van der Waals surface area contributed by atoms with Crippen molar-refractivity contribution in [1.82, 2.24) is 10.2 Å². The summed E-state index contributed by atoms with van der Waals surface area (Å²) in [6.45, 7) is 4.00. The number of benzene rings is 1. The van der Waals surface area contributed by atoms with Crippen molar-refractivity contribution >= 4 is 23.6 Å². The van der Waals surface area contributed by atoms with Crippen molar-refractivity contribution in [3.63, 3.8) is 0 Å². The minimum atomic E-state index is -0.0184. The number of likely N-dealkylation sites (tertiary alicyclic amines) is 1. The van der Waals surface area contributed by atoms with Gasteiger partial charge in [-0.05, 0) is 31.4 Å². The molecular formula is C21H26N2O3S. The number of piperidine rings is 1. The van der Waals surface area contributed by atoms with Gasteiger partial charge in [0.05, 0.1) is 11.8 Å². The summed E-state index contributed by atoms with van der Waals surface area (Å²) in [7, 11) is 0. The van der Waals surface area contributed by atoms with Gasteiger partial charge in [0.15, 0.2) is 0 Å². The van der Waals surface area contributed by atoms with Crippen LogP contribution in [0.15, 0.2) is 47.3 Å². The summed E-state index contributed by atoms with van der Waals surface area (Å²) in [4.78, 5) is 26.4. The number of carbonyl (C=O) groups is 2. The van der Waals surface area contributed by atoms with E-state index in [0.29, 0.717) is 38.0 Å². The number of nitrogens with one attached hydrogen (secondary N) is 1. The minimum Gasteiger partial charge on any atom is -0.472 e. The second kappa shape index (κ2) is 9.65. The Bertz CT molecular complexity index is 735. The molecule has 1 N–H and O–H groups in total. The largest absolute Gasteiger partial charge is 0.472 e. The molecule has 0 radical (unpaired) electrons. The Balaban J connectivity index is 1.31. The molecule has 0 atom stereocenters. The van der Waals surface area contributed by atoms with Crippen LogP contribution in [-0.4, -0.2) is 42.1 Å². The first-order chi connectivity index (χ1) is 13.1. The first-order valence-corrected chi connectivity index (χ1v) is 10.5. The molecule has 1 aliphatic heterocycles. The van der Waals surface area contributed by atoms with E-state index in [1.807, 2.05) is 11.8 Å². The van der Waals surface area contributed by atoms with Gasteiger partial charge in [0.2, 0.25) is 5.91 Å². The summed E-state index contributed by atoms with van der Waals surface area (Å²) in [6.07, 6.45) is 4.40. The van der Waals surface area contributed by atoms with Crippen molar-refractivity contribution < 1.29 is 14.0 Å². The van der Waals surface area contributed by atoms with Crippen LogP contribution in [-0.2, 0) is 10.5 Å². The zero-order valence-corrected chi connectivity index (χ0v) is 16.5. The third-order valence-electron chi connectivity index (χ3n) is 4.86. The molecule has 0 saturated carbocycles. The highest BCUT2D eigenvalue weighted by Gasteiger charge is 2.27. The summed E-state index contributed by atoms with van der Waals surface area (Å²) in [5, 5.41) is 3.04. The molecule has 1 aromatic carbocycles. The number of rotatable bonds is 7. The van der Waals surface area contributed by atoms with Gasteiger partial charge in [0, 0.05) is 37.1 Å². The van der Waals surface area contributed by atoms with E-state index >= 15 is 0 Å². The lowest BCUT2D eigenvalue weighted by molar-refractivity contribution is -0.126. The van der Waals surface area contributed by atoms with Crippen LogP contribution in [0.4, 0.5) is 0 Å². The highest BCUT2D eigenvalue weighted by Crippen LogP contribution is 2.19. The molecule has 0 aliphatic carbocycles. The molecule has 0 unspecified atom stereocenters.